The summed E-state index contributed by atoms with van der Waals surface area (Å²) in [5.41, 5.74) is 0.661. The van der Waals surface area contributed by atoms with Crippen molar-refractivity contribution >= 4 is 34.1 Å². The summed E-state index contributed by atoms with van der Waals surface area (Å²) in [5.74, 6) is -1.15. The third-order valence-corrected chi connectivity index (χ3v) is 4.66. The highest BCUT2D eigenvalue weighted by molar-refractivity contribution is 6.31. The fourth-order valence-electron chi connectivity index (χ4n) is 2.87. The van der Waals surface area contributed by atoms with Crippen LogP contribution in [0.2, 0.25) is 5.02 Å². The predicted molar refractivity (Wildman–Crippen MR) is 102 cm³/mol. The molecule has 30 heavy (non-hydrogen) atoms. The summed E-state index contributed by atoms with van der Waals surface area (Å²) >= 11 is 5.80. The number of nitrogens with one attached hydrogen (secondary N) is 2. The molecule has 154 valence electrons. The van der Waals surface area contributed by atoms with Crippen LogP contribution < -0.4 is 5.32 Å². The number of aromatic amines is 1. The molecule has 0 aliphatic heterocycles. The van der Waals surface area contributed by atoms with Crippen LogP contribution in [0, 0.1) is 5.82 Å². The molecule has 6 nitrogen and oxygen atoms in total. The Kier molecular flexibility index (Phi) is 4.94. The Balaban J connectivity index is 1.47. The zero-order valence-electron chi connectivity index (χ0n) is 15.0. The molecule has 0 spiro atoms. The van der Waals surface area contributed by atoms with E-state index >= 15 is 0 Å². The van der Waals surface area contributed by atoms with Gasteiger partial charge in [-0.2, -0.15) is 13.2 Å². The lowest BCUT2D eigenvalue weighted by Crippen LogP contribution is -2.12. The first-order valence-corrected chi connectivity index (χ1v) is 8.92. The Morgan fingerprint density at radius 2 is 1.93 bits per heavy atom. The van der Waals surface area contributed by atoms with Crippen LogP contribution in [0.3, 0.4) is 0 Å². The molecule has 0 aliphatic rings. The number of hydrogen-bond donors (Lipinski definition) is 2. The van der Waals surface area contributed by atoms with Crippen LogP contribution in [-0.4, -0.2) is 25.9 Å². The van der Waals surface area contributed by atoms with Crippen LogP contribution in [-0.2, 0) is 12.7 Å². The molecule has 0 unspecified atom stereocenters. The van der Waals surface area contributed by atoms with Gasteiger partial charge in [-0.3, -0.25) is 4.79 Å². The van der Waals surface area contributed by atoms with E-state index < -0.39 is 23.5 Å². The fourth-order valence-corrected chi connectivity index (χ4v) is 3.04. The number of hydrogen-bond acceptors (Lipinski definition) is 3. The first kappa shape index (κ1) is 19.9. The number of benzene rings is 2. The van der Waals surface area contributed by atoms with Crippen molar-refractivity contribution in [1.29, 1.82) is 0 Å². The van der Waals surface area contributed by atoms with Crippen molar-refractivity contribution in [1.82, 2.24) is 20.0 Å². The molecule has 4 rings (SSSR count). The van der Waals surface area contributed by atoms with E-state index in [1.54, 1.807) is 0 Å². The lowest BCUT2D eigenvalue weighted by atomic mass is 10.1. The number of nitrogens with zero attached hydrogens (tertiary/aromatic N) is 3. The number of aromatic nitrogens is 4. The van der Waals surface area contributed by atoms with Crippen LogP contribution in [0.15, 0.2) is 48.8 Å². The summed E-state index contributed by atoms with van der Waals surface area (Å²) in [6, 6.07) is 7.22. The second-order valence-corrected chi connectivity index (χ2v) is 6.87. The van der Waals surface area contributed by atoms with Gasteiger partial charge < -0.3 is 10.3 Å². The first-order valence-electron chi connectivity index (χ1n) is 8.54. The van der Waals surface area contributed by atoms with Gasteiger partial charge in [0.2, 0.25) is 0 Å². The Morgan fingerprint density at radius 3 is 2.63 bits per heavy atom. The van der Waals surface area contributed by atoms with Crippen molar-refractivity contribution in [2.24, 2.45) is 0 Å². The van der Waals surface area contributed by atoms with Crippen molar-refractivity contribution < 1.29 is 22.4 Å². The summed E-state index contributed by atoms with van der Waals surface area (Å²) < 4.78 is 52.8. The average Bonchev–Trinajstić information content (AvgIpc) is 3.30. The number of alkyl halides is 3. The summed E-state index contributed by atoms with van der Waals surface area (Å²) in [4.78, 5) is 15.3. The summed E-state index contributed by atoms with van der Waals surface area (Å²) in [6.07, 6.45) is -1.55. The van der Waals surface area contributed by atoms with E-state index in [2.05, 4.69) is 20.6 Å². The maximum atomic E-state index is 13.5. The molecule has 2 aromatic heterocycles. The Hall–Kier alpha value is -3.40. The monoisotopic (exact) mass is 437 g/mol. The molecule has 0 saturated carbocycles. The van der Waals surface area contributed by atoms with Crippen LogP contribution in [0.5, 0.6) is 0 Å². The highest BCUT2D eigenvalue weighted by Crippen LogP contribution is 2.30. The van der Waals surface area contributed by atoms with Gasteiger partial charge in [0.1, 0.15) is 5.82 Å². The van der Waals surface area contributed by atoms with Crippen LogP contribution in [0.25, 0.3) is 10.9 Å². The number of halogens is 5. The number of amides is 1. The van der Waals surface area contributed by atoms with Crippen molar-refractivity contribution in [2.45, 2.75) is 12.7 Å². The molecule has 0 atom stereocenters. The van der Waals surface area contributed by atoms with Gasteiger partial charge in [0, 0.05) is 11.6 Å². The minimum absolute atomic E-state index is 0.00414. The molecule has 2 aromatic carbocycles. The van der Waals surface area contributed by atoms with Gasteiger partial charge >= 0.3 is 6.18 Å². The van der Waals surface area contributed by atoms with Gasteiger partial charge in [0.25, 0.3) is 5.91 Å². The predicted octanol–water partition coefficient (Wildman–Crippen LogP) is 4.87. The molecule has 0 bridgehead atoms. The molecule has 4 aromatic rings. The van der Waals surface area contributed by atoms with Crippen molar-refractivity contribution in [3.05, 3.63) is 76.5 Å². The van der Waals surface area contributed by atoms with Gasteiger partial charge in [-0.05, 0) is 29.8 Å². The fraction of sp³-hybridized carbons (Fsp3) is 0.105. The molecule has 0 fully saturated rings. The van der Waals surface area contributed by atoms with Crippen LogP contribution in [0.4, 0.5) is 23.2 Å². The number of carbonyl (C=O) groups is 1. The normalized spacial score (nSPS) is 11.8. The Morgan fingerprint density at radius 1 is 1.20 bits per heavy atom. The minimum Gasteiger partial charge on any atom is -0.359 e. The second-order valence-electron chi connectivity index (χ2n) is 6.46. The third kappa shape index (κ3) is 3.99. The average molecular weight is 438 g/mol. The SMILES string of the molecule is O=C(Nc1c[nH]c2cc(F)c(Cl)cc12)c1cn(Cc2ccc(C(F)(F)F)cc2)nn1. The maximum absolute atomic E-state index is 13.5. The number of H-pyrrole nitrogens is 1. The molecule has 0 aliphatic carbocycles. The van der Waals surface area contributed by atoms with E-state index in [0.717, 1.165) is 12.1 Å². The van der Waals surface area contributed by atoms with Crippen LogP contribution >= 0.6 is 11.6 Å². The molecule has 1 amide bonds. The van der Waals surface area contributed by atoms with E-state index in [-0.39, 0.29) is 17.3 Å². The number of rotatable bonds is 4. The standard InChI is InChI=1S/C19H12ClF4N5O/c20-13-5-12-15(6-14(13)21)25-7-16(12)26-18(30)17-9-29(28-27-17)8-10-1-3-11(4-2-10)19(22,23)24/h1-7,9,25H,8H2,(H,26,30). The lowest BCUT2D eigenvalue weighted by Gasteiger charge is -2.07. The van der Waals surface area contributed by atoms with Crippen LogP contribution in [0.1, 0.15) is 21.6 Å². The van der Waals surface area contributed by atoms with Gasteiger partial charge in [-0.25, -0.2) is 9.07 Å². The highest BCUT2D eigenvalue weighted by Gasteiger charge is 2.29. The molecular weight excluding hydrogens is 426 g/mol. The zero-order chi connectivity index (χ0) is 21.5. The molecule has 2 N–H and O–H groups in total. The summed E-state index contributed by atoms with van der Waals surface area (Å²) in [5, 5.41) is 10.7. The second kappa shape index (κ2) is 7.45. The smallest absolute Gasteiger partial charge is 0.359 e. The van der Waals surface area contributed by atoms with Crippen molar-refractivity contribution in [3.8, 4) is 0 Å². The summed E-state index contributed by atoms with van der Waals surface area (Å²) in [6.45, 7) is 0.139. The summed E-state index contributed by atoms with van der Waals surface area (Å²) in [7, 11) is 0. The van der Waals surface area contributed by atoms with Gasteiger partial charge in [-0.15, -0.1) is 5.10 Å². The molecule has 2 heterocycles. The lowest BCUT2D eigenvalue weighted by molar-refractivity contribution is -0.137. The quantitative estimate of drug-likeness (QED) is 0.447. The topological polar surface area (TPSA) is 75.6 Å². The number of anilines is 1. The van der Waals surface area contributed by atoms with Gasteiger partial charge in [0.05, 0.1) is 34.5 Å². The highest BCUT2D eigenvalue weighted by atomic mass is 35.5. The molecular formula is C19H12ClF4N5O. The van der Waals surface area contributed by atoms with E-state index in [1.807, 2.05) is 0 Å². The Bertz CT molecular complexity index is 1230. The maximum Gasteiger partial charge on any atom is 0.416 e. The Labute approximate surface area is 171 Å². The van der Waals surface area contributed by atoms with Gasteiger partial charge in [0.15, 0.2) is 5.69 Å². The van der Waals surface area contributed by atoms with E-state index in [0.29, 0.717) is 22.2 Å². The first-order chi connectivity index (χ1) is 14.2. The molecule has 0 saturated heterocycles. The molecule has 0 radical (unpaired) electrons. The van der Waals surface area contributed by atoms with E-state index in [4.69, 9.17) is 11.6 Å². The third-order valence-electron chi connectivity index (χ3n) is 4.37. The number of carbonyl (C=O) groups excluding carboxylic acids is 1. The molecule has 11 heteroatoms. The van der Waals surface area contributed by atoms with Crippen molar-refractivity contribution in [3.63, 3.8) is 0 Å². The number of fused-ring (bicyclic) bond motifs is 1. The van der Waals surface area contributed by atoms with E-state index in [9.17, 15) is 22.4 Å². The van der Waals surface area contributed by atoms with E-state index in [1.165, 1.54) is 41.3 Å². The minimum atomic E-state index is -4.41. The van der Waals surface area contributed by atoms with Crippen molar-refractivity contribution in [2.75, 3.05) is 5.32 Å². The van der Waals surface area contributed by atoms with Gasteiger partial charge in [-0.1, -0.05) is 28.9 Å². The largest absolute Gasteiger partial charge is 0.416 e. The zero-order valence-corrected chi connectivity index (χ0v) is 15.7.